The van der Waals surface area contributed by atoms with Gasteiger partial charge in [0.25, 0.3) is 0 Å². The van der Waals surface area contributed by atoms with Crippen LogP contribution in [0.3, 0.4) is 0 Å². The predicted molar refractivity (Wildman–Crippen MR) is 62.1 cm³/mol. The van der Waals surface area contributed by atoms with Gasteiger partial charge in [-0.1, -0.05) is 30.3 Å². The van der Waals surface area contributed by atoms with Gasteiger partial charge in [-0.3, -0.25) is 5.01 Å². The van der Waals surface area contributed by atoms with Crippen molar-refractivity contribution >= 4 is 12.1 Å². The van der Waals surface area contributed by atoms with Crippen LogP contribution in [0.2, 0.25) is 0 Å². The summed E-state index contributed by atoms with van der Waals surface area (Å²) in [6, 6.07) is 7.84. The molecule has 0 saturated carbocycles. The van der Waals surface area contributed by atoms with Crippen LogP contribution >= 0.6 is 0 Å². The average Bonchev–Trinajstić information content (AvgIpc) is 2.29. The van der Waals surface area contributed by atoms with Crippen molar-refractivity contribution < 1.29 is 9.59 Å². The maximum Gasteiger partial charge on any atom is 0.350 e. The molecule has 7 heteroatoms. The molecular weight excluding hydrogens is 222 g/mol. The minimum Gasteiger partial charge on any atom is -0.350 e. The van der Waals surface area contributed by atoms with Crippen LogP contribution in [0.1, 0.15) is 5.56 Å². The van der Waals surface area contributed by atoms with Gasteiger partial charge in [0, 0.05) is 7.05 Å². The number of amides is 4. The van der Waals surface area contributed by atoms with E-state index in [2.05, 4.69) is 5.43 Å². The molecule has 0 spiro atoms. The Balaban J connectivity index is 2.50. The largest absolute Gasteiger partial charge is 0.350 e. The van der Waals surface area contributed by atoms with Crippen molar-refractivity contribution in [1.29, 1.82) is 0 Å². The molecule has 0 unspecified atom stereocenters. The quantitative estimate of drug-likeness (QED) is 0.383. The number of primary amides is 1. The van der Waals surface area contributed by atoms with Crippen molar-refractivity contribution in [3.63, 3.8) is 0 Å². The molecule has 0 aliphatic heterocycles. The van der Waals surface area contributed by atoms with Gasteiger partial charge in [-0.2, -0.15) is 0 Å². The standard InChI is InChI=1S/C10H15N5O2/c1-14(9(11)16)13-10(17)15(12)7-8-5-3-2-4-6-8/h2-6H,7,12H2,1H3,(H2,11,16)(H,13,17). The van der Waals surface area contributed by atoms with Crippen LogP contribution in [0.25, 0.3) is 0 Å². The molecule has 0 aromatic heterocycles. The topological polar surface area (TPSA) is 105 Å². The zero-order valence-corrected chi connectivity index (χ0v) is 9.46. The molecule has 7 nitrogen and oxygen atoms in total. The fourth-order valence-electron chi connectivity index (χ4n) is 1.11. The Labute approximate surface area is 98.9 Å². The van der Waals surface area contributed by atoms with E-state index in [0.717, 1.165) is 15.6 Å². The average molecular weight is 237 g/mol. The lowest BCUT2D eigenvalue weighted by atomic mass is 10.2. The molecule has 92 valence electrons. The summed E-state index contributed by atoms with van der Waals surface area (Å²) >= 11 is 0. The molecule has 0 aliphatic carbocycles. The van der Waals surface area contributed by atoms with Crippen LogP contribution in [0.15, 0.2) is 30.3 Å². The number of nitrogens with zero attached hydrogens (tertiary/aromatic N) is 2. The van der Waals surface area contributed by atoms with E-state index >= 15 is 0 Å². The number of hydrogen-bond acceptors (Lipinski definition) is 3. The molecule has 1 aromatic rings. The normalized spacial score (nSPS) is 9.53. The molecule has 0 atom stereocenters. The van der Waals surface area contributed by atoms with E-state index in [1.807, 2.05) is 30.3 Å². The highest BCUT2D eigenvalue weighted by Crippen LogP contribution is 2.01. The summed E-state index contributed by atoms with van der Waals surface area (Å²) in [5, 5.41) is 1.81. The maximum atomic E-state index is 11.5. The Morgan fingerprint density at radius 1 is 1.29 bits per heavy atom. The van der Waals surface area contributed by atoms with E-state index in [4.69, 9.17) is 11.6 Å². The minimum absolute atomic E-state index is 0.235. The number of hydrazine groups is 2. The van der Waals surface area contributed by atoms with Crippen molar-refractivity contribution in [3.8, 4) is 0 Å². The summed E-state index contributed by atoms with van der Waals surface area (Å²) < 4.78 is 0. The number of carbonyl (C=O) groups is 2. The van der Waals surface area contributed by atoms with Crippen molar-refractivity contribution in [2.75, 3.05) is 7.05 Å². The van der Waals surface area contributed by atoms with Crippen LogP contribution < -0.4 is 17.0 Å². The van der Waals surface area contributed by atoms with Gasteiger partial charge in [-0.15, -0.1) is 0 Å². The molecule has 0 bridgehead atoms. The number of nitrogens with one attached hydrogen (secondary N) is 1. The van der Waals surface area contributed by atoms with Crippen molar-refractivity contribution in [1.82, 2.24) is 15.4 Å². The van der Waals surface area contributed by atoms with Crippen LogP contribution in [-0.2, 0) is 6.54 Å². The minimum atomic E-state index is -0.772. The molecule has 0 heterocycles. The van der Waals surface area contributed by atoms with Crippen molar-refractivity contribution in [3.05, 3.63) is 35.9 Å². The third-order valence-corrected chi connectivity index (χ3v) is 2.05. The Morgan fingerprint density at radius 3 is 2.41 bits per heavy atom. The fourth-order valence-corrected chi connectivity index (χ4v) is 1.11. The zero-order chi connectivity index (χ0) is 12.8. The Morgan fingerprint density at radius 2 is 1.88 bits per heavy atom. The molecule has 1 rings (SSSR count). The van der Waals surface area contributed by atoms with Gasteiger partial charge in [0.15, 0.2) is 0 Å². The highest BCUT2D eigenvalue weighted by Gasteiger charge is 2.13. The summed E-state index contributed by atoms with van der Waals surface area (Å²) in [6.45, 7) is 0.235. The smallest absolute Gasteiger partial charge is 0.350 e. The van der Waals surface area contributed by atoms with E-state index in [-0.39, 0.29) is 6.54 Å². The lowest BCUT2D eigenvalue weighted by Crippen LogP contribution is -2.53. The molecule has 17 heavy (non-hydrogen) atoms. The third kappa shape index (κ3) is 3.99. The van der Waals surface area contributed by atoms with E-state index in [1.165, 1.54) is 7.05 Å². The number of nitrogens with two attached hydrogens (primary N) is 2. The second-order valence-corrected chi connectivity index (χ2v) is 3.43. The first-order valence-corrected chi connectivity index (χ1v) is 4.90. The Kier molecular flexibility index (Phi) is 4.29. The summed E-state index contributed by atoms with van der Waals surface area (Å²) in [5.74, 6) is 5.54. The van der Waals surface area contributed by atoms with Crippen molar-refractivity contribution in [2.45, 2.75) is 6.54 Å². The number of urea groups is 2. The molecule has 0 fully saturated rings. The summed E-state index contributed by atoms with van der Waals surface area (Å²) in [4.78, 5) is 22.2. The monoisotopic (exact) mass is 237 g/mol. The summed E-state index contributed by atoms with van der Waals surface area (Å²) in [6.07, 6.45) is 0. The van der Waals surface area contributed by atoms with Crippen LogP contribution in [-0.4, -0.2) is 29.1 Å². The lowest BCUT2D eigenvalue weighted by molar-refractivity contribution is 0.161. The molecular formula is C10H15N5O2. The highest BCUT2D eigenvalue weighted by atomic mass is 16.2. The third-order valence-electron chi connectivity index (χ3n) is 2.05. The van der Waals surface area contributed by atoms with E-state index in [1.54, 1.807) is 0 Å². The molecule has 0 radical (unpaired) electrons. The van der Waals surface area contributed by atoms with Crippen LogP contribution in [0, 0.1) is 0 Å². The molecule has 0 aliphatic rings. The van der Waals surface area contributed by atoms with Gasteiger partial charge in [0.05, 0.1) is 6.54 Å². The lowest BCUT2D eigenvalue weighted by Gasteiger charge is -2.21. The Hall–Kier alpha value is -2.28. The second kappa shape index (κ2) is 5.71. The SMILES string of the molecule is CN(NC(=O)N(N)Cc1ccccc1)C(N)=O. The molecule has 1 aromatic carbocycles. The first kappa shape index (κ1) is 12.8. The van der Waals surface area contributed by atoms with Crippen molar-refractivity contribution in [2.24, 2.45) is 11.6 Å². The highest BCUT2D eigenvalue weighted by molar-refractivity contribution is 5.78. The van der Waals surface area contributed by atoms with E-state index in [9.17, 15) is 9.59 Å². The van der Waals surface area contributed by atoms with Gasteiger partial charge in [-0.25, -0.2) is 25.9 Å². The number of hydrogen-bond donors (Lipinski definition) is 3. The Bertz CT molecular complexity index is 395. The van der Waals surface area contributed by atoms with E-state index in [0.29, 0.717) is 0 Å². The first-order valence-electron chi connectivity index (χ1n) is 4.90. The predicted octanol–water partition coefficient (Wildman–Crippen LogP) is -0.00260. The maximum absolute atomic E-state index is 11.5. The first-order chi connectivity index (χ1) is 8.00. The number of benzene rings is 1. The molecule has 0 saturated heterocycles. The van der Waals surface area contributed by atoms with E-state index < -0.39 is 12.1 Å². The molecule has 5 N–H and O–H groups in total. The van der Waals surface area contributed by atoms with Crippen LogP contribution in [0.5, 0.6) is 0 Å². The zero-order valence-electron chi connectivity index (χ0n) is 9.46. The van der Waals surface area contributed by atoms with Gasteiger partial charge in [-0.05, 0) is 5.56 Å². The fraction of sp³-hybridized carbons (Fsp3) is 0.200. The second-order valence-electron chi connectivity index (χ2n) is 3.43. The molecule has 4 amide bonds. The summed E-state index contributed by atoms with van der Waals surface area (Å²) in [5.41, 5.74) is 8.05. The van der Waals surface area contributed by atoms with Gasteiger partial charge < -0.3 is 5.73 Å². The number of carbonyl (C=O) groups excluding carboxylic acids is 2. The number of rotatable bonds is 2. The van der Waals surface area contributed by atoms with Gasteiger partial charge >= 0.3 is 12.1 Å². The summed E-state index contributed by atoms with van der Waals surface area (Å²) in [7, 11) is 1.33. The van der Waals surface area contributed by atoms with Crippen LogP contribution in [0.4, 0.5) is 9.59 Å². The van der Waals surface area contributed by atoms with Gasteiger partial charge in [0.2, 0.25) is 0 Å². The van der Waals surface area contributed by atoms with Gasteiger partial charge in [0.1, 0.15) is 0 Å².